The van der Waals surface area contributed by atoms with Crippen molar-refractivity contribution in [3.63, 3.8) is 0 Å². The fourth-order valence-electron chi connectivity index (χ4n) is 5.81. The van der Waals surface area contributed by atoms with Crippen molar-refractivity contribution in [3.05, 3.63) is 52.8 Å². The van der Waals surface area contributed by atoms with Crippen molar-refractivity contribution in [2.24, 2.45) is 0 Å². The van der Waals surface area contributed by atoms with Crippen molar-refractivity contribution < 1.29 is 14.6 Å². The lowest BCUT2D eigenvalue weighted by Gasteiger charge is -2.51. The Labute approximate surface area is 209 Å². The summed E-state index contributed by atoms with van der Waals surface area (Å²) in [6.07, 6.45) is 4.48. The zero-order chi connectivity index (χ0) is 25.5. The Morgan fingerprint density at radius 2 is 1.97 bits per heavy atom. The normalized spacial score (nSPS) is 23.9. The number of ether oxygens (including phenoxy) is 1. The molecule has 2 aliphatic rings. The van der Waals surface area contributed by atoms with Crippen molar-refractivity contribution >= 4 is 22.8 Å². The summed E-state index contributed by atoms with van der Waals surface area (Å²) in [6.45, 7) is 5.87. The fraction of sp³-hybridized carbons (Fsp3) is 0.538. The summed E-state index contributed by atoms with van der Waals surface area (Å²) in [4.78, 5) is 35.5. The summed E-state index contributed by atoms with van der Waals surface area (Å²) in [5.74, 6) is 1.25. The number of benzene rings is 1. The molecule has 3 aromatic rings. The molecule has 2 aromatic heterocycles. The molecule has 10 nitrogen and oxygen atoms in total. The number of piperidine rings is 1. The molecule has 10 heteroatoms. The maximum Gasteiger partial charge on any atom is 0.349 e. The highest BCUT2D eigenvalue weighted by molar-refractivity contribution is 5.77. The third-order valence-electron chi connectivity index (χ3n) is 7.78. The quantitative estimate of drug-likeness (QED) is 0.555. The van der Waals surface area contributed by atoms with Gasteiger partial charge in [-0.3, -0.25) is 9.36 Å². The molecule has 192 valence electrons. The van der Waals surface area contributed by atoms with Gasteiger partial charge < -0.3 is 25.0 Å². The number of carbonyl (C=O) groups excluding carboxylic acids is 1. The molecule has 0 aliphatic carbocycles. The number of nitrogen functional groups attached to an aromatic ring is 1. The largest absolute Gasteiger partial charge is 0.388 e. The molecule has 2 fully saturated rings. The first-order valence-corrected chi connectivity index (χ1v) is 12.6. The van der Waals surface area contributed by atoms with E-state index in [4.69, 9.17) is 10.5 Å². The average molecular weight is 495 g/mol. The van der Waals surface area contributed by atoms with E-state index >= 15 is 0 Å². The van der Waals surface area contributed by atoms with Crippen LogP contribution < -0.4 is 11.4 Å². The zero-order valence-electron chi connectivity index (χ0n) is 20.9. The number of hydrogen-bond donors (Lipinski definition) is 2. The lowest BCUT2D eigenvalue weighted by Crippen LogP contribution is -2.59. The smallest absolute Gasteiger partial charge is 0.349 e. The van der Waals surface area contributed by atoms with E-state index in [1.54, 1.807) is 19.2 Å². The first kappa shape index (κ1) is 24.5. The van der Waals surface area contributed by atoms with Gasteiger partial charge in [0.1, 0.15) is 11.6 Å². The lowest BCUT2D eigenvalue weighted by molar-refractivity contribution is -0.198. The minimum atomic E-state index is -1.16. The molecule has 0 unspecified atom stereocenters. The number of aromatic nitrogens is 4. The zero-order valence-corrected chi connectivity index (χ0v) is 20.9. The third-order valence-corrected chi connectivity index (χ3v) is 7.78. The Balaban J connectivity index is 1.15. The summed E-state index contributed by atoms with van der Waals surface area (Å²) >= 11 is 0. The van der Waals surface area contributed by atoms with Crippen LogP contribution in [0.15, 0.2) is 41.3 Å². The summed E-state index contributed by atoms with van der Waals surface area (Å²) in [6, 6.07) is 9.05. The van der Waals surface area contributed by atoms with Crippen molar-refractivity contribution in [2.75, 3.05) is 25.4 Å². The lowest BCUT2D eigenvalue weighted by atomic mass is 9.75. The van der Waals surface area contributed by atoms with Crippen molar-refractivity contribution in [1.29, 1.82) is 0 Å². The first-order chi connectivity index (χ1) is 17.2. The summed E-state index contributed by atoms with van der Waals surface area (Å²) < 4.78 is 9.85. The van der Waals surface area contributed by atoms with E-state index in [1.165, 1.54) is 4.57 Å². The van der Waals surface area contributed by atoms with Gasteiger partial charge in [0.2, 0.25) is 5.91 Å². The number of para-hydroxylation sites is 2. The highest BCUT2D eigenvalue weighted by Crippen LogP contribution is 2.43. The number of carbonyl (C=O) groups is 1. The van der Waals surface area contributed by atoms with Gasteiger partial charge in [0.15, 0.2) is 0 Å². The number of hydrogen-bond acceptors (Lipinski definition) is 7. The maximum absolute atomic E-state index is 12.9. The van der Waals surface area contributed by atoms with Crippen molar-refractivity contribution in [1.82, 2.24) is 24.0 Å². The predicted octanol–water partition coefficient (Wildman–Crippen LogP) is 2.04. The number of nitrogens with two attached hydrogens (primary N) is 1. The Morgan fingerprint density at radius 1 is 1.22 bits per heavy atom. The first-order valence-electron chi connectivity index (χ1n) is 12.6. The van der Waals surface area contributed by atoms with Gasteiger partial charge in [-0.1, -0.05) is 12.1 Å². The molecule has 36 heavy (non-hydrogen) atoms. The van der Waals surface area contributed by atoms with Crippen LogP contribution in [-0.4, -0.2) is 65.9 Å². The molecular formula is C26H34N6O4. The molecule has 2 saturated heterocycles. The van der Waals surface area contributed by atoms with E-state index < -0.39 is 22.9 Å². The molecular weight excluding hydrogens is 460 g/mol. The second-order valence-electron chi connectivity index (χ2n) is 10.4. The minimum Gasteiger partial charge on any atom is -0.388 e. The molecule has 4 heterocycles. The van der Waals surface area contributed by atoms with Gasteiger partial charge in [-0.2, -0.15) is 4.98 Å². The van der Waals surface area contributed by atoms with Crippen LogP contribution in [0.3, 0.4) is 0 Å². The van der Waals surface area contributed by atoms with Gasteiger partial charge in [0, 0.05) is 38.7 Å². The molecule has 5 rings (SSSR count). The van der Waals surface area contributed by atoms with E-state index in [9.17, 15) is 14.7 Å². The monoisotopic (exact) mass is 494 g/mol. The SMILES string of the molecule is Cc1nc2ccccc2n1CCCC(=O)N1CCC2(CC1)C[C@@](C)(O)[C@H](n1ccc(N)nc1=O)CO2. The topological polar surface area (TPSA) is 128 Å². The number of fused-ring (bicyclic) bond motifs is 1. The number of anilines is 1. The Bertz CT molecular complexity index is 1320. The summed E-state index contributed by atoms with van der Waals surface area (Å²) in [7, 11) is 0. The predicted molar refractivity (Wildman–Crippen MR) is 135 cm³/mol. The number of aryl methyl sites for hydroxylation is 2. The molecule has 1 aromatic carbocycles. The average Bonchev–Trinajstić information content (AvgIpc) is 3.15. The van der Waals surface area contributed by atoms with Crippen LogP contribution >= 0.6 is 0 Å². The second-order valence-corrected chi connectivity index (χ2v) is 10.4. The Morgan fingerprint density at radius 3 is 2.69 bits per heavy atom. The van der Waals surface area contributed by atoms with Crippen LogP contribution in [0.25, 0.3) is 11.0 Å². The molecule has 0 radical (unpaired) electrons. The summed E-state index contributed by atoms with van der Waals surface area (Å²) in [5.41, 5.74) is 5.52. The van der Waals surface area contributed by atoms with Crippen LogP contribution in [0.4, 0.5) is 5.82 Å². The van der Waals surface area contributed by atoms with Crippen molar-refractivity contribution in [3.8, 4) is 0 Å². The van der Waals surface area contributed by atoms with Crippen LogP contribution in [0, 0.1) is 6.92 Å². The number of rotatable bonds is 5. The van der Waals surface area contributed by atoms with E-state index in [0.29, 0.717) is 38.8 Å². The van der Waals surface area contributed by atoms with Gasteiger partial charge in [-0.05, 0) is 51.3 Å². The van der Waals surface area contributed by atoms with Crippen LogP contribution in [0.5, 0.6) is 0 Å². The highest BCUT2D eigenvalue weighted by Gasteiger charge is 2.50. The third kappa shape index (κ3) is 4.62. The minimum absolute atomic E-state index is 0.145. The van der Waals surface area contributed by atoms with E-state index in [1.807, 2.05) is 30.0 Å². The number of amides is 1. The van der Waals surface area contributed by atoms with Gasteiger partial charge in [-0.25, -0.2) is 9.78 Å². The highest BCUT2D eigenvalue weighted by atomic mass is 16.5. The maximum atomic E-state index is 12.9. The molecule has 2 aliphatic heterocycles. The summed E-state index contributed by atoms with van der Waals surface area (Å²) in [5, 5.41) is 11.3. The molecule has 0 saturated carbocycles. The van der Waals surface area contributed by atoms with Crippen molar-refractivity contribution in [2.45, 2.75) is 69.7 Å². The Kier molecular flexibility index (Phi) is 6.34. The van der Waals surface area contributed by atoms with Crippen LogP contribution in [0.1, 0.15) is 50.9 Å². The second kappa shape index (κ2) is 9.33. The van der Waals surface area contributed by atoms with Gasteiger partial charge in [0.25, 0.3) is 0 Å². The molecule has 2 atom stereocenters. The van der Waals surface area contributed by atoms with Gasteiger partial charge >= 0.3 is 5.69 Å². The van der Waals surface area contributed by atoms with E-state index in [-0.39, 0.29) is 18.3 Å². The number of nitrogens with zero attached hydrogens (tertiary/aromatic N) is 5. The van der Waals surface area contributed by atoms with E-state index in [0.717, 1.165) is 29.8 Å². The Hall–Kier alpha value is -3.24. The number of imidazole rings is 1. The van der Waals surface area contributed by atoms with Gasteiger partial charge in [0.05, 0.1) is 34.9 Å². The molecule has 0 bridgehead atoms. The fourth-order valence-corrected chi connectivity index (χ4v) is 5.81. The number of aliphatic hydroxyl groups is 1. The van der Waals surface area contributed by atoms with Crippen LogP contribution in [-0.2, 0) is 16.1 Å². The molecule has 1 amide bonds. The number of likely N-dealkylation sites (tertiary alicyclic amines) is 1. The van der Waals surface area contributed by atoms with Crippen LogP contribution in [0.2, 0.25) is 0 Å². The van der Waals surface area contributed by atoms with Gasteiger partial charge in [-0.15, -0.1) is 0 Å². The standard InChI is InChI=1S/C26H34N6O4/c1-18-28-19-6-3-4-7-20(19)31(18)12-5-8-23(33)30-14-10-26(11-15-30)17-25(2,35)21(16-36-26)32-13-9-22(27)29-24(32)34/h3-4,6-7,9,13,21,35H,5,8,10-12,14-17H2,1-2H3,(H2,27,29,34)/t21-,25-/m1/s1. The molecule has 1 spiro atoms. The molecule has 3 N–H and O–H groups in total. The van der Waals surface area contributed by atoms with E-state index in [2.05, 4.69) is 20.6 Å².